The molecule has 0 radical (unpaired) electrons. The average Bonchev–Trinajstić information content (AvgIpc) is 3.30. The van der Waals surface area contributed by atoms with E-state index in [0.717, 1.165) is 38.6 Å². The summed E-state index contributed by atoms with van der Waals surface area (Å²) in [6.45, 7) is 1.39. The molecule has 0 bridgehead atoms. The van der Waals surface area contributed by atoms with Gasteiger partial charge in [-0.05, 0) is 43.2 Å². The van der Waals surface area contributed by atoms with Crippen molar-refractivity contribution in [2.45, 2.75) is 50.7 Å². The molecule has 1 saturated carbocycles. The molecule has 1 fully saturated rings. The number of aryl methyl sites for hydroxylation is 1. The first kappa shape index (κ1) is 15.2. The summed E-state index contributed by atoms with van der Waals surface area (Å²) >= 11 is 0. The predicted octanol–water partition coefficient (Wildman–Crippen LogP) is 3.13. The molecule has 2 aliphatic rings. The molecular formula is C19H24N4O. The molecule has 0 spiro atoms. The summed E-state index contributed by atoms with van der Waals surface area (Å²) in [4.78, 5) is 19.0. The second kappa shape index (κ2) is 6.67. The Morgan fingerprint density at radius 2 is 2.17 bits per heavy atom. The van der Waals surface area contributed by atoms with Crippen LogP contribution in [0.15, 0.2) is 43.0 Å². The summed E-state index contributed by atoms with van der Waals surface area (Å²) in [5, 5.41) is 3.11. The lowest BCUT2D eigenvalue weighted by Gasteiger charge is -2.36. The topological polar surface area (TPSA) is 50.2 Å². The van der Waals surface area contributed by atoms with E-state index in [0.29, 0.717) is 12.6 Å². The summed E-state index contributed by atoms with van der Waals surface area (Å²) in [6.07, 6.45) is 11.1. The van der Waals surface area contributed by atoms with Gasteiger partial charge in [-0.2, -0.15) is 0 Å². The summed E-state index contributed by atoms with van der Waals surface area (Å²) in [5.74, 6) is 0. The summed E-state index contributed by atoms with van der Waals surface area (Å²) in [5.41, 5.74) is 2.76. The second-order valence-electron chi connectivity index (χ2n) is 6.78. The molecule has 2 amide bonds. The Labute approximate surface area is 142 Å². The Balaban J connectivity index is 1.45. The smallest absolute Gasteiger partial charge is 0.318 e. The molecule has 1 heterocycles. The number of amides is 2. The summed E-state index contributed by atoms with van der Waals surface area (Å²) in [6, 6.07) is 9.34. The number of carbonyl (C=O) groups excluding carboxylic acids is 1. The van der Waals surface area contributed by atoms with Gasteiger partial charge in [-0.15, -0.1) is 0 Å². The minimum atomic E-state index is 0.0827. The number of fused-ring (bicyclic) bond motifs is 1. The highest BCUT2D eigenvalue weighted by atomic mass is 16.2. The van der Waals surface area contributed by atoms with E-state index in [-0.39, 0.29) is 12.1 Å². The zero-order valence-electron chi connectivity index (χ0n) is 13.9. The van der Waals surface area contributed by atoms with Crippen molar-refractivity contribution in [3.05, 3.63) is 54.1 Å². The van der Waals surface area contributed by atoms with Crippen LogP contribution in [0.1, 0.15) is 42.9 Å². The van der Waals surface area contributed by atoms with Gasteiger partial charge in [-0.25, -0.2) is 9.78 Å². The molecule has 1 atom stereocenters. The fraction of sp³-hybridized carbons (Fsp3) is 0.474. The highest BCUT2D eigenvalue weighted by Gasteiger charge is 2.39. The Morgan fingerprint density at radius 1 is 1.29 bits per heavy atom. The molecule has 24 heavy (non-hydrogen) atoms. The normalized spacial score (nSPS) is 19.6. The van der Waals surface area contributed by atoms with Crippen molar-refractivity contribution in [2.75, 3.05) is 6.54 Å². The van der Waals surface area contributed by atoms with Gasteiger partial charge in [0.1, 0.15) is 0 Å². The highest BCUT2D eigenvalue weighted by Crippen LogP contribution is 2.40. The lowest BCUT2D eigenvalue weighted by molar-refractivity contribution is 0.161. The van der Waals surface area contributed by atoms with Gasteiger partial charge in [0.2, 0.25) is 0 Å². The van der Waals surface area contributed by atoms with Crippen LogP contribution in [-0.4, -0.2) is 33.1 Å². The fourth-order valence-corrected chi connectivity index (χ4v) is 3.73. The van der Waals surface area contributed by atoms with Crippen molar-refractivity contribution >= 4 is 6.03 Å². The first-order chi connectivity index (χ1) is 11.8. The van der Waals surface area contributed by atoms with Gasteiger partial charge in [-0.1, -0.05) is 24.3 Å². The molecule has 0 unspecified atom stereocenters. The minimum Gasteiger partial charge on any atom is -0.336 e. The van der Waals surface area contributed by atoms with E-state index in [1.807, 2.05) is 10.8 Å². The Kier molecular flexibility index (Phi) is 4.24. The number of nitrogens with one attached hydrogen (secondary N) is 1. The van der Waals surface area contributed by atoms with Crippen LogP contribution >= 0.6 is 0 Å². The largest absolute Gasteiger partial charge is 0.336 e. The van der Waals surface area contributed by atoms with E-state index >= 15 is 0 Å². The number of rotatable bonds is 5. The maximum Gasteiger partial charge on any atom is 0.318 e. The number of hydrogen-bond acceptors (Lipinski definition) is 2. The van der Waals surface area contributed by atoms with Gasteiger partial charge in [0, 0.05) is 31.5 Å². The molecule has 2 aliphatic carbocycles. The SMILES string of the molecule is O=C(NCCn1ccnc1)N(C1CC1)[C@@H]1CCCc2ccccc21. The van der Waals surface area contributed by atoms with Crippen molar-refractivity contribution in [3.8, 4) is 0 Å². The van der Waals surface area contributed by atoms with E-state index in [9.17, 15) is 4.79 Å². The standard InChI is InChI=1S/C19H24N4O/c24-19(21-11-13-22-12-10-20-14-22)23(16-8-9-16)18-7-3-5-15-4-1-2-6-17(15)18/h1-2,4,6,10,12,14,16,18H,3,5,7-9,11,13H2,(H,21,24)/t18-/m1/s1. The fourth-order valence-electron chi connectivity index (χ4n) is 3.73. The molecule has 0 aliphatic heterocycles. The third kappa shape index (κ3) is 3.16. The third-order valence-corrected chi connectivity index (χ3v) is 5.05. The van der Waals surface area contributed by atoms with Crippen LogP contribution in [0.4, 0.5) is 4.79 Å². The van der Waals surface area contributed by atoms with E-state index in [1.54, 1.807) is 12.5 Å². The first-order valence-corrected chi connectivity index (χ1v) is 8.92. The van der Waals surface area contributed by atoms with E-state index in [1.165, 1.54) is 11.1 Å². The molecule has 5 nitrogen and oxygen atoms in total. The van der Waals surface area contributed by atoms with Gasteiger partial charge in [0.05, 0.1) is 12.4 Å². The number of carbonyl (C=O) groups is 1. The van der Waals surface area contributed by atoms with Gasteiger partial charge >= 0.3 is 6.03 Å². The van der Waals surface area contributed by atoms with Crippen LogP contribution in [0.25, 0.3) is 0 Å². The van der Waals surface area contributed by atoms with Crippen LogP contribution in [0.3, 0.4) is 0 Å². The van der Waals surface area contributed by atoms with Crippen molar-refractivity contribution in [3.63, 3.8) is 0 Å². The van der Waals surface area contributed by atoms with Gasteiger partial charge < -0.3 is 14.8 Å². The number of nitrogens with zero attached hydrogens (tertiary/aromatic N) is 3. The van der Waals surface area contributed by atoms with Crippen LogP contribution in [0.5, 0.6) is 0 Å². The van der Waals surface area contributed by atoms with E-state index in [2.05, 4.69) is 39.5 Å². The molecular weight excluding hydrogens is 300 g/mol. The first-order valence-electron chi connectivity index (χ1n) is 8.92. The molecule has 5 heteroatoms. The maximum absolute atomic E-state index is 12.9. The average molecular weight is 324 g/mol. The third-order valence-electron chi connectivity index (χ3n) is 5.05. The Morgan fingerprint density at radius 3 is 2.96 bits per heavy atom. The molecule has 1 aromatic heterocycles. The van der Waals surface area contributed by atoms with Crippen LogP contribution in [0, 0.1) is 0 Å². The van der Waals surface area contributed by atoms with Crippen molar-refractivity contribution in [1.29, 1.82) is 0 Å². The number of imidazole rings is 1. The van der Waals surface area contributed by atoms with Crippen LogP contribution in [0.2, 0.25) is 0 Å². The maximum atomic E-state index is 12.9. The molecule has 4 rings (SSSR count). The number of benzene rings is 1. The molecule has 0 saturated heterocycles. The molecule has 2 aromatic rings. The Bertz CT molecular complexity index is 693. The van der Waals surface area contributed by atoms with Gasteiger partial charge in [0.15, 0.2) is 0 Å². The Hall–Kier alpha value is -2.30. The summed E-state index contributed by atoms with van der Waals surface area (Å²) < 4.78 is 1.98. The van der Waals surface area contributed by atoms with E-state index < -0.39 is 0 Å². The molecule has 1 aromatic carbocycles. The number of urea groups is 1. The molecule has 1 N–H and O–H groups in total. The van der Waals surface area contributed by atoms with Gasteiger partial charge in [-0.3, -0.25) is 0 Å². The zero-order chi connectivity index (χ0) is 16.4. The summed E-state index contributed by atoms with van der Waals surface area (Å²) in [7, 11) is 0. The van der Waals surface area contributed by atoms with Crippen molar-refractivity contribution < 1.29 is 4.79 Å². The van der Waals surface area contributed by atoms with Gasteiger partial charge in [0.25, 0.3) is 0 Å². The quantitative estimate of drug-likeness (QED) is 0.918. The lowest BCUT2D eigenvalue weighted by Crippen LogP contribution is -2.45. The van der Waals surface area contributed by atoms with Crippen LogP contribution < -0.4 is 5.32 Å². The minimum absolute atomic E-state index is 0.0827. The number of hydrogen-bond donors (Lipinski definition) is 1. The predicted molar refractivity (Wildman–Crippen MR) is 92.6 cm³/mol. The lowest BCUT2D eigenvalue weighted by atomic mass is 9.87. The zero-order valence-corrected chi connectivity index (χ0v) is 13.9. The second-order valence-corrected chi connectivity index (χ2v) is 6.78. The highest BCUT2D eigenvalue weighted by molar-refractivity contribution is 5.75. The molecule has 126 valence electrons. The monoisotopic (exact) mass is 324 g/mol. The van der Waals surface area contributed by atoms with Crippen molar-refractivity contribution in [2.24, 2.45) is 0 Å². The van der Waals surface area contributed by atoms with E-state index in [4.69, 9.17) is 0 Å². The van der Waals surface area contributed by atoms with Crippen LogP contribution in [-0.2, 0) is 13.0 Å². The van der Waals surface area contributed by atoms with Crippen molar-refractivity contribution in [1.82, 2.24) is 19.8 Å². The number of aromatic nitrogens is 2.